The van der Waals surface area contributed by atoms with Crippen molar-refractivity contribution in [3.63, 3.8) is 0 Å². The minimum Gasteiger partial charge on any atom is -0.339 e. The maximum atomic E-state index is 12.8. The van der Waals surface area contributed by atoms with Gasteiger partial charge >= 0.3 is 0 Å². The SMILES string of the molecule is CSc1ccc(S(=O)(=O)Nc2ccc(C(=O)N3CCCCC3)cc2)cc1NC(C)=O. The highest BCUT2D eigenvalue weighted by Gasteiger charge is 2.20. The van der Waals surface area contributed by atoms with Gasteiger partial charge in [-0.15, -0.1) is 11.8 Å². The van der Waals surface area contributed by atoms with E-state index in [9.17, 15) is 18.0 Å². The Balaban J connectivity index is 1.76. The van der Waals surface area contributed by atoms with Gasteiger partial charge in [0.05, 0.1) is 10.6 Å². The molecule has 1 saturated heterocycles. The van der Waals surface area contributed by atoms with Gasteiger partial charge in [-0.2, -0.15) is 0 Å². The van der Waals surface area contributed by atoms with Crippen molar-refractivity contribution in [2.75, 3.05) is 29.4 Å². The molecule has 0 bridgehead atoms. The molecular formula is C21H25N3O4S2. The van der Waals surface area contributed by atoms with Gasteiger partial charge in [0.25, 0.3) is 15.9 Å². The summed E-state index contributed by atoms with van der Waals surface area (Å²) in [6, 6.07) is 11.0. The Hall–Kier alpha value is -2.52. The van der Waals surface area contributed by atoms with E-state index in [0.29, 0.717) is 16.9 Å². The lowest BCUT2D eigenvalue weighted by atomic mass is 10.1. The van der Waals surface area contributed by atoms with Crippen molar-refractivity contribution in [3.05, 3.63) is 48.0 Å². The normalized spacial score (nSPS) is 14.3. The average molecular weight is 448 g/mol. The van der Waals surface area contributed by atoms with Crippen LogP contribution in [0.15, 0.2) is 52.3 Å². The van der Waals surface area contributed by atoms with E-state index in [1.807, 2.05) is 11.2 Å². The maximum absolute atomic E-state index is 12.8. The Morgan fingerprint density at radius 2 is 1.67 bits per heavy atom. The highest BCUT2D eigenvalue weighted by molar-refractivity contribution is 7.98. The van der Waals surface area contributed by atoms with E-state index < -0.39 is 10.0 Å². The highest BCUT2D eigenvalue weighted by Crippen LogP contribution is 2.29. The molecule has 7 nitrogen and oxygen atoms in total. The van der Waals surface area contributed by atoms with Crippen molar-refractivity contribution in [2.24, 2.45) is 0 Å². The second-order valence-electron chi connectivity index (χ2n) is 7.08. The van der Waals surface area contributed by atoms with Crippen LogP contribution in [0.2, 0.25) is 0 Å². The van der Waals surface area contributed by atoms with E-state index in [0.717, 1.165) is 37.2 Å². The number of nitrogens with one attached hydrogen (secondary N) is 2. The van der Waals surface area contributed by atoms with Crippen molar-refractivity contribution in [2.45, 2.75) is 36.0 Å². The summed E-state index contributed by atoms with van der Waals surface area (Å²) in [6.45, 7) is 2.89. The molecule has 3 rings (SSSR count). The minimum atomic E-state index is -3.86. The van der Waals surface area contributed by atoms with Crippen molar-refractivity contribution < 1.29 is 18.0 Å². The summed E-state index contributed by atoms with van der Waals surface area (Å²) in [4.78, 5) is 26.6. The number of carbonyl (C=O) groups is 2. The van der Waals surface area contributed by atoms with Crippen LogP contribution in [-0.4, -0.2) is 44.5 Å². The Kier molecular flexibility index (Phi) is 7.04. The van der Waals surface area contributed by atoms with Crippen molar-refractivity contribution in [3.8, 4) is 0 Å². The molecule has 0 spiro atoms. The third-order valence-corrected chi connectivity index (χ3v) is 6.99. The lowest BCUT2D eigenvalue weighted by Gasteiger charge is -2.26. The van der Waals surface area contributed by atoms with Crippen LogP contribution in [0.5, 0.6) is 0 Å². The number of sulfonamides is 1. The van der Waals surface area contributed by atoms with Crippen LogP contribution in [0.3, 0.4) is 0 Å². The van der Waals surface area contributed by atoms with Crippen LogP contribution in [0.1, 0.15) is 36.5 Å². The molecule has 0 radical (unpaired) electrons. The summed E-state index contributed by atoms with van der Waals surface area (Å²) in [6.07, 6.45) is 5.02. The zero-order valence-electron chi connectivity index (χ0n) is 17.0. The van der Waals surface area contributed by atoms with Gasteiger partial charge < -0.3 is 10.2 Å². The number of benzene rings is 2. The van der Waals surface area contributed by atoms with Crippen molar-refractivity contribution >= 4 is 45.0 Å². The molecule has 160 valence electrons. The first-order chi connectivity index (χ1) is 14.3. The average Bonchev–Trinajstić information content (AvgIpc) is 2.73. The van der Waals surface area contributed by atoms with Gasteiger partial charge in [0.15, 0.2) is 0 Å². The van der Waals surface area contributed by atoms with Gasteiger partial charge in [-0.1, -0.05) is 0 Å². The smallest absolute Gasteiger partial charge is 0.261 e. The fourth-order valence-corrected chi connectivity index (χ4v) is 4.93. The first-order valence-corrected chi connectivity index (χ1v) is 12.4. The zero-order valence-corrected chi connectivity index (χ0v) is 18.6. The molecule has 0 aromatic heterocycles. The fraction of sp³-hybridized carbons (Fsp3) is 0.333. The predicted molar refractivity (Wildman–Crippen MR) is 120 cm³/mol. The molecule has 30 heavy (non-hydrogen) atoms. The molecule has 2 amide bonds. The summed E-state index contributed by atoms with van der Waals surface area (Å²) in [5.41, 5.74) is 1.35. The monoisotopic (exact) mass is 447 g/mol. The Bertz CT molecular complexity index is 1030. The van der Waals surface area contributed by atoms with Crippen LogP contribution in [0.4, 0.5) is 11.4 Å². The summed E-state index contributed by atoms with van der Waals surface area (Å²) in [5.74, 6) is -0.307. The fourth-order valence-electron chi connectivity index (χ4n) is 3.32. The number of anilines is 2. The lowest BCUT2D eigenvalue weighted by Crippen LogP contribution is -2.35. The molecule has 2 aromatic carbocycles. The second-order valence-corrected chi connectivity index (χ2v) is 9.61. The molecule has 2 N–H and O–H groups in total. The number of hydrogen-bond acceptors (Lipinski definition) is 5. The maximum Gasteiger partial charge on any atom is 0.261 e. The Labute approximate surface area is 181 Å². The summed E-state index contributed by atoms with van der Waals surface area (Å²) < 4.78 is 28.1. The third-order valence-electron chi connectivity index (χ3n) is 4.82. The van der Waals surface area contributed by atoms with Crippen molar-refractivity contribution in [1.29, 1.82) is 0 Å². The van der Waals surface area contributed by atoms with Gasteiger partial charge in [-0.3, -0.25) is 14.3 Å². The van der Waals surface area contributed by atoms with Crippen LogP contribution < -0.4 is 10.0 Å². The third kappa shape index (κ3) is 5.34. The van der Waals surface area contributed by atoms with Gasteiger partial charge in [0, 0.05) is 36.2 Å². The van der Waals surface area contributed by atoms with Crippen LogP contribution >= 0.6 is 11.8 Å². The second kappa shape index (κ2) is 9.53. The van der Waals surface area contributed by atoms with Gasteiger partial charge in [-0.05, 0) is 68.0 Å². The molecule has 0 unspecified atom stereocenters. The van der Waals surface area contributed by atoms with Crippen molar-refractivity contribution in [1.82, 2.24) is 4.90 Å². The topological polar surface area (TPSA) is 95.6 Å². The molecule has 1 aliphatic rings. The van der Waals surface area contributed by atoms with E-state index >= 15 is 0 Å². The largest absolute Gasteiger partial charge is 0.339 e. The summed E-state index contributed by atoms with van der Waals surface area (Å²) in [7, 11) is -3.86. The van der Waals surface area contributed by atoms with Crippen LogP contribution in [-0.2, 0) is 14.8 Å². The summed E-state index contributed by atoms with van der Waals surface area (Å²) in [5, 5.41) is 2.66. The van der Waals surface area contributed by atoms with E-state index in [-0.39, 0.29) is 16.7 Å². The first-order valence-electron chi connectivity index (χ1n) is 9.68. The Morgan fingerprint density at radius 3 is 2.27 bits per heavy atom. The van der Waals surface area contributed by atoms with Gasteiger partial charge in [-0.25, -0.2) is 8.42 Å². The first kappa shape index (κ1) is 22.2. The van der Waals surface area contributed by atoms with E-state index in [1.165, 1.54) is 30.8 Å². The number of likely N-dealkylation sites (tertiary alicyclic amines) is 1. The standard InChI is InChI=1S/C21H25N3O4S2/c1-15(25)22-19-14-18(10-11-20(19)29-2)30(27,28)23-17-8-6-16(7-9-17)21(26)24-12-4-3-5-13-24/h6-11,14,23H,3-5,12-13H2,1-2H3,(H,22,25). The molecule has 0 atom stereocenters. The number of piperidine rings is 1. The molecule has 9 heteroatoms. The predicted octanol–water partition coefficient (Wildman–Crippen LogP) is 3.79. The van der Waals surface area contributed by atoms with Gasteiger partial charge in [0.1, 0.15) is 0 Å². The number of rotatable bonds is 6. The van der Waals surface area contributed by atoms with E-state index in [2.05, 4.69) is 10.0 Å². The van der Waals surface area contributed by atoms with Gasteiger partial charge in [0.2, 0.25) is 5.91 Å². The van der Waals surface area contributed by atoms with Crippen LogP contribution in [0.25, 0.3) is 0 Å². The minimum absolute atomic E-state index is 0.0308. The molecular weight excluding hydrogens is 422 g/mol. The molecule has 0 saturated carbocycles. The number of hydrogen-bond donors (Lipinski definition) is 2. The zero-order chi connectivity index (χ0) is 21.7. The molecule has 2 aromatic rings. The summed E-state index contributed by atoms with van der Waals surface area (Å²) >= 11 is 1.41. The lowest BCUT2D eigenvalue weighted by molar-refractivity contribution is -0.114. The molecule has 1 heterocycles. The highest BCUT2D eigenvalue weighted by atomic mass is 32.2. The van der Waals surface area contributed by atoms with E-state index in [1.54, 1.807) is 30.3 Å². The molecule has 0 aliphatic carbocycles. The molecule has 1 aliphatic heterocycles. The number of nitrogens with zero attached hydrogens (tertiary/aromatic N) is 1. The Morgan fingerprint density at radius 1 is 1.00 bits per heavy atom. The van der Waals surface area contributed by atoms with Crippen LogP contribution in [0, 0.1) is 0 Å². The number of amides is 2. The van der Waals surface area contributed by atoms with E-state index in [4.69, 9.17) is 0 Å². The molecule has 1 fully saturated rings. The number of carbonyl (C=O) groups excluding carboxylic acids is 2. The number of thioether (sulfide) groups is 1. The quantitative estimate of drug-likeness (QED) is 0.657.